The van der Waals surface area contributed by atoms with Crippen molar-refractivity contribution in [1.82, 2.24) is 5.32 Å². The molecule has 43 heavy (non-hydrogen) atoms. The lowest BCUT2D eigenvalue weighted by Gasteiger charge is -2.20. The monoisotopic (exact) mass is 639 g/mol. The fourth-order valence-electron chi connectivity index (χ4n) is 4.88. The van der Waals surface area contributed by atoms with E-state index in [0.29, 0.717) is 24.9 Å². The Labute approximate surface area is 270 Å². The summed E-state index contributed by atoms with van der Waals surface area (Å²) in [7, 11) is 0. The van der Waals surface area contributed by atoms with E-state index in [-0.39, 0.29) is 6.09 Å². The number of halogens is 3. The zero-order valence-electron chi connectivity index (χ0n) is 25.1. The second-order valence-electron chi connectivity index (χ2n) is 12.4. The highest BCUT2D eigenvalue weighted by atomic mass is 35.5. The van der Waals surface area contributed by atoms with E-state index >= 15 is 0 Å². The standard InChI is InChI=1S/C15H20ClNO2.C10H12ClN.C10H8ClN/c1-15(2,3)19-14(18)17-9-11-6-7-12(16)8-13(11)10-4-5-10;2*11-9-4-3-8(6-12)10(5-9)7-1-2-7/h6-8,10H,4-5,9H2,1-3H3,(H,17,18);3-5,7H,1-2,6,12H2;3-5,7H,1-2H2. The van der Waals surface area contributed by atoms with Gasteiger partial charge in [-0.05, 0) is 147 Å². The van der Waals surface area contributed by atoms with Gasteiger partial charge in [0.15, 0.2) is 0 Å². The summed E-state index contributed by atoms with van der Waals surface area (Å²) in [4.78, 5) is 11.6. The van der Waals surface area contributed by atoms with Crippen molar-refractivity contribution >= 4 is 40.9 Å². The van der Waals surface area contributed by atoms with Crippen molar-refractivity contribution in [3.05, 3.63) is 103 Å². The normalized spacial score (nSPS) is 15.7. The molecule has 8 heteroatoms. The minimum atomic E-state index is -0.469. The van der Waals surface area contributed by atoms with Crippen LogP contribution in [-0.2, 0) is 17.8 Å². The van der Waals surface area contributed by atoms with Gasteiger partial charge in [-0.3, -0.25) is 0 Å². The van der Waals surface area contributed by atoms with Crippen LogP contribution in [0.15, 0.2) is 54.6 Å². The maximum absolute atomic E-state index is 11.6. The van der Waals surface area contributed by atoms with Crippen LogP contribution in [0.4, 0.5) is 4.79 Å². The van der Waals surface area contributed by atoms with Gasteiger partial charge in [-0.15, -0.1) is 0 Å². The first-order valence-electron chi connectivity index (χ1n) is 14.9. The quantitative estimate of drug-likeness (QED) is 0.281. The number of nitrogens with zero attached hydrogens (tertiary/aromatic N) is 1. The van der Waals surface area contributed by atoms with Gasteiger partial charge in [0.05, 0.1) is 11.6 Å². The maximum atomic E-state index is 11.6. The van der Waals surface area contributed by atoms with Gasteiger partial charge in [-0.1, -0.05) is 46.9 Å². The first-order chi connectivity index (χ1) is 20.5. The zero-order chi connectivity index (χ0) is 31.1. The van der Waals surface area contributed by atoms with Crippen LogP contribution in [0.1, 0.15) is 110 Å². The summed E-state index contributed by atoms with van der Waals surface area (Å²) in [5, 5.41) is 13.9. The van der Waals surface area contributed by atoms with Gasteiger partial charge in [-0.2, -0.15) is 5.26 Å². The third-order valence-electron chi connectivity index (χ3n) is 7.44. The predicted molar refractivity (Wildman–Crippen MR) is 176 cm³/mol. The van der Waals surface area contributed by atoms with E-state index in [9.17, 15) is 4.79 Å². The van der Waals surface area contributed by atoms with Crippen LogP contribution in [0.5, 0.6) is 0 Å². The van der Waals surface area contributed by atoms with Crippen molar-refractivity contribution in [3.63, 3.8) is 0 Å². The summed E-state index contributed by atoms with van der Waals surface area (Å²) in [6.07, 6.45) is 7.04. The number of alkyl carbamates (subject to hydrolysis) is 1. The van der Waals surface area contributed by atoms with Crippen LogP contribution < -0.4 is 11.1 Å². The Morgan fingerprint density at radius 1 is 0.814 bits per heavy atom. The first kappa shape index (κ1) is 33.1. The Morgan fingerprint density at radius 3 is 1.72 bits per heavy atom. The van der Waals surface area contributed by atoms with Gasteiger partial charge >= 0.3 is 6.09 Å². The van der Waals surface area contributed by atoms with Crippen LogP contribution >= 0.6 is 34.8 Å². The van der Waals surface area contributed by atoms with Gasteiger partial charge in [0.2, 0.25) is 0 Å². The number of hydrogen-bond acceptors (Lipinski definition) is 4. The summed E-state index contributed by atoms with van der Waals surface area (Å²) in [6, 6.07) is 19.5. The number of ether oxygens (including phenoxy) is 1. The van der Waals surface area contributed by atoms with Gasteiger partial charge in [0.25, 0.3) is 0 Å². The minimum absolute atomic E-state index is 0.385. The fraction of sp³-hybridized carbons (Fsp3) is 0.429. The molecule has 3 aliphatic rings. The third-order valence-corrected chi connectivity index (χ3v) is 8.15. The Morgan fingerprint density at radius 2 is 1.26 bits per heavy atom. The summed E-state index contributed by atoms with van der Waals surface area (Å²) >= 11 is 17.8. The molecule has 3 aromatic carbocycles. The molecule has 0 radical (unpaired) electrons. The van der Waals surface area contributed by atoms with E-state index in [0.717, 1.165) is 37.7 Å². The second-order valence-corrected chi connectivity index (χ2v) is 13.7. The number of hydrogen-bond donors (Lipinski definition) is 2. The largest absolute Gasteiger partial charge is 0.444 e. The highest BCUT2D eigenvalue weighted by molar-refractivity contribution is 6.31. The van der Waals surface area contributed by atoms with Crippen LogP contribution in [0.2, 0.25) is 15.1 Å². The SMILES string of the molecule is CC(C)(C)OC(=O)NCc1ccc(Cl)cc1C1CC1.N#Cc1ccc(Cl)cc1C1CC1.NCc1ccc(Cl)cc1C1CC1. The summed E-state index contributed by atoms with van der Waals surface area (Å²) < 4.78 is 5.22. The number of nitrogens with one attached hydrogen (secondary N) is 1. The molecular formula is C35H40Cl3N3O2. The lowest BCUT2D eigenvalue weighted by Crippen LogP contribution is -2.32. The molecule has 0 bridgehead atoms. The Hall–Kier alpha value is -2.75. The van der Waals surface area contributed by atoms with Gasteiger partial charge in [0, 0.05) is 28.2 Å². The zero-order valence-corrected chi connectivity index (χ0v) is 27.3. The van der Waals surface area contributed by atoms with Crippen LogP contribution in [-0.4, -0.2) is 11.7 Å². The third kappa shape index (κ3) is 10.7. The molecule has 228 valence electrons. The lowest BCUT2D eigenvalue weighted by atomic mass is 10.0. The van der Waals surface area contributed by atoms with E-state index in [2.05, 4.69) is 17.5 Å². The average Bonchev–Trinajstić information content (AvgIpc) is 3.82. The smallest absolute Gasteiger partial charge is 0.407 e. The Balaban J connectivity index is 0.000000154. The van der Waals surface area contributed by atoms with Crippen molar-refractivity contribution in [3.8, 4) is 6.07 Å². The number of amides is 1. The second kappa shape index (κ2) is 14.8. The number of benzene rings is 3. The van der Waals surface area contributed by atoms with Crippen molar-refractivity contribution in [1.29, 1.82) is 5.26 Å². The molecule has 3 N–H and O–H groups in total. The minimum Gasteiger partial charge on any atom is -0.444 e. The molecule has 0 aromatic heterocycles. The molecule has 3 fully saturated rings. The first-order valence-corrected chi connectivity index (χ1v) is 16.0. The van der Waals surface area contributed by atoms with Crippen LogP contribution in [0.3, 0.4) is 0 Å². The number of nitriles is 1. The Kier molecular flexibility index (Phi) is 11.4. The highest BCUT2D eigenvalue weighted by Crippen LogP contribution is 2.44. The van der Waals surface area contributed by atoms with Crippen molar-refractivity contribution in [2.45, 2.75) is 95.7 Å². The van der Waals surface area contributed by atoms with E-state index in [1.807, 2.05) is 57.2 Å². The molecular weight excluding hydrogens is 601 g/mol. The molecule has 0 unspecified atom stereocenters. The van der Waals surface area contributed by atoms with E-state index in [4.69, 9.17) is 50.5 Å². The van der Waals surface area contributed by atoms with E-state index in [1.165, 1.54) is 55.2 Å². The molecule has 0 atom stereocenters. The molecule has 0 heterocycles. The molecule has 0 saturated heterocycles. The molecule has 5 nitrogen and oxygen atoms in total. The van der Waals surface area contributed by atoms with Crippen molar-refractivity contribution in [2.75, 3.05) is 0 Å². The van der Waals surface area contributed by atoms with E-state index < -0.39 is 5.60 Å². The van der Waals surface area contributed by atoms with Gasteiger partial charge in [-0.25, -0.2) is 4.79 Å². The van der Waals surface area contributed by atoms with Crippen LogP contribution in [0.25, 0.3) is 0 Å². The maximum Gasteiger partial charge on any atom is 0.407 e. The highest BCUT2D eigenvalue weighted by Gasteiger charge is 2.27. The molecule has 1 amide bonds. The van der Waals surface area contributed by atoms with E-state index in [1.54, 1.807) is 12.1 Å². The number of carbonyl (C=O) groups is 1. The van der Waals surface area contributed by atoms with Crippen molar-refractivity contribution < 1.29 is 9.53 Å². The molecule has 6 rings (SSSR count). The Bertz CT molecular complexity index is 1470. The van der Waals surface area contributed by atoms with Gasteiger partial charge < -0.3 is 15.8 Å². The topological polar surface area (TPSA) is 88.1 Å². The molecule has 3 aromatic rings. The fourth-order valence-corrected chi connectivity index (χ4v) is 5.42. The molecule has 3 aliphatic carbocycles. The van der Waals surface area contributed by atoms with Crippen LogP contribution in [0, 0.1) is 11.3 Å². The van der Waals surface area contributed by atoms with Crippen molar-refractivity contribution in [2.24, 2.45) is 5.73 Å². The predicted octanol–water partition coefficient (Wildman–Crippen LogP) is 10.0. The number of nitrogens with two attached hydrogens (primary N) is 1. The molecule has 0 spiro atoms. The van der Waals surface area contributed by atoms with Gasteiger partial charge in [0.1, 0.15) is 5.60 Å². The average molecular weight is 641 g/mol. The number of carbonyl (C=O) groups excluding carboxylic acids is 1. The summed E-state index contributed by atoms with van der Waals surface area (Å²) in [5.74, 6) is 1.94. The summed E-state index contributed by atoms with van der Waals surface area (Å²) in [5.41, 5.74) is 12.1. The lowest BCUT2D eigenvalue weighted by molar-refractivity contribution is 0.0523. The molecule has 3 saturated carbocycles. The molecule has 0 aliphatic heterocycles. The number of rotatable bonds is 6. The summed E-state index contributed by atoms with van der Waals surface area (Å²) in [6.45, 7) is 6.67.